The van der Waals surface area contributed by atoms with E-state index in [2.05, 4.69) is 29.2 Å². The molecule has 0 aliphatic carbocycles. The minimum Gasteiger partial charge on any atom is -0.380 e. The number of piperidine rings is 1. The summed E-state index contributed by atoms with van der Waals surface area (Å²) in [7, 11) is 1.73. The number of hydrogen-bond donors (Lipinski definition) is 1. The van der Waals surface area contributed by atoms with Crippen LogP contribution in [0, 0.1) is 0 Å². The maximum Gasteiger partial charge on any atom is 0.0713 e. The number of likely N-dealkylation sites (tertiary alicyclic amines) is 1. The van der Waals surface area contributed by atoms with Crippen molar-refractivity contribution in [2.24, 2.45) is 5.73 Å². The molecule has 0 spiro atoms. The van der Waals surface area contributed by atoms with E-state index < -0.39 is 0 Å². The van der Waals surface area contributed by atoms with Gasteiger partial charge >= 0.3 is 0 Å². The van der Waals surface area contributed by atoms with Crippen molar-refractivity contribution in [3.63, 3.8) is 0 Å². The van der Waals surface area contributed by atoms with Gasteiger partial charge in [-0.25, -0.2) is 0 Å². The number of ether oxygens (including phenoxy) is 1. The first-order valence-electron chi connectivity index (χ1n) is 6.84. The van der Waals surface area contributed by atoms with Gasteiger partial charge in [-0.15, -0.1) is 0 Å². The Labute approximate surface area is 110 Å². The fourth-order valence-corrected chi connectivity index (χ4v) is 2.68. The van der Waals surface area contributed by atoms with Gasteiger partial charge in [0, 0.05) is 26.2 Å². The van der Waals surface area contributed by atoms with E-state index in [1.807, 2.05) is 0 Å². The van der Waals surface area contributed by atoms with Crippen LogP contribution < -0.4 is 5.73 Å². The molecule has 0 amide bonds. The van der Waals surface area contributed by atoms with E-state index in [0.717, 1.165) is 13.1 Å². The van der Waals surface area contributed by atoms with Crippen molar-refractivity contribution in [1.82, 2.24) is 4.90 Å². The summed E-state index contributed by atoms with van der Waals surface area (Å²) < 4.78 is 5.13. The van der Waals surface area contributed by atoms with E-state index in [1.165, 1.54) is 36.9 Å². The fraction of sp³-hybridized carbons (Fsp3) is 0.600. The van der Waals surface area contributed by atoms with E-state index in [1.54, 1.807) is 7.11 Å². The Hall–Kier alpha value is -0.900. The Morgan fingerprint density at radius 2 is 1.94 bits per heavy atom. The summed E-state index contributed by atoms with van der Waals surface area (Å²) in [5.41, 5.74) is 8.46. The number of rotatable bonds is 5. The molecule has 2 N–H and O–H groups in total. The smallest absolute Gasteiger partial charge is 0.0713 e. The van der Waals surface area contributed by atoms with Gasteiger partial charge in [-0.1, -0.05) is 30.7 Å². The molecule has 18 heavy (non-hydrogen) atoms. The van der Waals surface area contributed by atoms with Gasteiger partial charge in [0.1, 0.15) is 0 Å². The summed E-state index contributed by atoms with van der Waals surface area (Å²) in [5.74, 6) is 0. The first-order chi connectivity index (χ1) is 8.83. The lowest BCUT2D eigenvalue weighted by molar-refractivity contribution is 0.145. The molecule has 1 fully saturated rings. The second-order valence-corrected chi connectivity index (χ2v) is 5.11. The van der Waals surface area contributed by atoms with E-state index in [-0.39, 0.29) is 0 Å². The van der Waals surface area contributed by atoms with E-state index >= 15 is 0 Å². The monoisotopic (exact) mass is 248 g/mol. The number of methoxy groups -OCH3 is 1. The number of benzene rings is 1. The molecule has 100 valence electrons. The second kappa shape index (κ2) is 6.88. The highest BCUT2D eigenvalue weighted by Gasteiger charge is 2.20. The summed E-state index contributed by atoms with van der Waals surface area (Å²) in [6.45, 7) is 3.67. The molecule has 1 aliphatic heterocycles. The molecular formula is C15H24N2O. The predicted molar refractivity (Wildman–Crippen MR) is 74.3 cm³/mol. The molecule has 1 atom stereocenters. The highest BCUT2D eigenvalue weighted by Crippen LogP contribution is 2.19. The Bertz CT molecular complexity index is 350. The van der Waals surface area contributed by atoms with Gasteiger partial charge < -0.3 is 10.5 Å². The minimum absolute atomic E-state index is 0.567. The summed E-state index contributed by atoms with van der Waals surface area (Å²) >= 11 is 0. The number of nitrogens with two attached hydrogens (primary N) is 1. The second-order valence-electron chi connectivity index (χ2n) is 5.11. The third kappa shape index (κ3) is 3.55. The van der Waals surface area contributed by atoms with Crippen molar-refractivity contribution in [3.05, 3.63) is 35.4 Å². The van der Waals surface area contributed by atoms with Crippen molar-refractivity contribution in [2.75, 3.05) is 20.2 Å². The zero-order valence-corrected chi connectivity index (χ0v) is 11.3. The first kappa shape index (κ1) is 13.5. The average molecular weight is 248 g/mol. The third-order valence-corrected chi connectivity index (χ3v) is 3.74. The fourth-order valence-electron chi connectivity index (χ4n) is 2.68. The van der Waals surface area contributed by atoms with Crippen LogP contribution in [-0.2, 0) is 17.9 Å². The molecule has 1 heterocycles. The van der Waals surface area contributed by atoms with E-state index in [9.17, 15) is 0 Å². The molecule has 0 aromatic heterocycles. The Morgan fingerprint density at radius 3 is 2.61 bits per heavy atom. The third-order valence-electron chi connectivity index (χ3n) is 3.74. The molecule has 1 aromatic carbocycles. The van der Waals surface area contributed by atoms with Gasteiger partial charge in [0.2, 0.25) is 0 Å². The van der Waals surface area contributed by atoms with Gasteiger partial charge in [0.15, 0.2) is 0 Å². The lowest BCUT2D eigenvalue weighted by Crippen LogP contribution is -2.43. The largest absolute Gasteiger partial charge is 0.380 e. The molecule has 1 aliphatic rings. The normalized spacial score (nSPS) is 21.1. The molecule has 0 radical (unpaired) electrons. The van der Waals surface area contributed by atoms with Crippen molar-refractivity contribution < 1.29 is 4.74 Å². The molecule has 1 saturated heterocycles. The zero-order chi connectivity index (χ0) is 12.8. The van der Waals surface area contributed by atoms with E-state index in [4.69, 9.17) is 10.5 Å². The van der Waals surface area contributed by atoms with Crippen LogP contribution in [0.25, 0.3) is 0 Å². The van der Waals surface area contributed by atoms with Crippen molar-refractivity contribution in [2.45, 2.75) is 38.5 Å². The SMILES string of the molecule is COCc1ccc(CN2CCCCC2CN)cc1. The summed E-state index contributed by atoms with van der Waals surface area (Å²) in [4.78, 5) is 2.52. The Kier molecular flexibility index (Phi) is 5.17. The van der Waals surface area contributed by atoms with E-state index in [0.29, 0.717) is 12.6 Å². The first-order valence-corrected chi connectivity index (χ1v) is 6.84. The van der Waals surface area contributed by atoms with Gasteiger partial charge in [-0.3, -0.25) is 4.90 Å². The van der Waals surface area contributed by atoms with Gasteiger partial charge in [0.05, 0.1) is 6.61 Å². The van der Waals surface area contributed by atoms with Crippen molar-refractivity contribution >= 4 is 0 Å². The average Bonchev–Trinajstić information content (AvgIpc) is 2.42. The predicted octanol–water partition coefficient (Wildman–Crippen LogP) is 2.15. The molecular weight excluding hydrogens is 224 g/mol. The van der Waals surface area contributed by atoms with Crippen LogP contribution in [0.5, 0.6) is 0 Å². The molecule has 0 bridgehead atoms. The molecule has 3 heteroatoms. The Morgan fingerprint density at radius 1 is 1.22 bits per heavy atom. The van der Waals surface area contributed by atoms with Crippen LogP contribution in [0.4, 0.5) is 0 Å². The standard InChI is InChI=1S/C15H24N2O/c1-18-12-14-7-5-13(6-8-14)11-17-9-3-2-4-15(17)10-16/h5-8,15H,2-4,9-12,16H2,1H3. The van der Waals surface area contributed by atoms with Crippen molar-refractivity contribution in [1.29, 1.82) is 0 Å². The lowest BCUT2D eigenvalue weighted by atomic mass is 10.0. The number of hydrogen-bond acceptors (Lipinski definition) is 3. The number of nitrogens with zero attached hydrogens (tertiary/aromatic N) is 1. The minimum atomic E-state index is 0.567. The molecule has 1 unspecified atom stereocenters. The van der Waals surface area contributed by atoms with Crippen molar-refractivity contribution in [3.8, 4) is 0 Å². The van der Waals surface area contributed by atoms with Gasteiger partial charge in [-0.05, 0) is 30.5 Å². The van der Waals surface area contributed by atoms with Crippen LogP contribution >= 0.6 is 0 Å². The molecule has 3 nitrogen and oxygen atoms in total. The zero-order valence-electron chi connectivity index (χ0n) is 11.3. The van der Waals surface area contributed by atoms with Gasteiger partial charge in [0.25, 0.3) is 0 Å². The van der Waals surface area contributed by atoms with Crippen LogP contribution in [0.3, 0.4) is 0 Å². The van der Waals surface area contributed by atoms with Gasteiger partial charge in [-0.2, -0.15) is 0 Å². The Balaban J connectivity index is 1.95. The quantitative estimate of drug-likeness (QED) is 0.867. The maximum absolute atomic E-state index is 5.85. The van der Waals surface area contributed by atoms with Crippen LogP contribution in [0.2, 0.25) is 0 Å². The highest BCUT2D eigenvalue weighted by atomic mass is 16.5. The molecule has 1 aromatic rings. The summed E-state index contributed by atoms with van der Waals surface area (Å²) in [5, 5.41) is 0. The van der Waals surface area contributed by atoms with Crippen LogP contribution in [0.15, 0.2) is 24.3 Å². The molecule has 0 saturated carbocycles. The summed E-state index contributed by atoms with van der Waals surface area (Å²) in [6.07, 6.45) is 3.88. The summed E-state index contributed by atoms with van der Waals surface area (Å²) in [6, 6.07) is 9.28. The highest BCUT2D eigenvalue weighted by molar-refractivity contribution is 5.22. The molecule has 2 rings (SSSR count). The van der Waals surface area contributed by atoms with Crippen LogP contribution in [-0.4, -0.2) is 31.1 Å². The lowest BCUT2D eigenvalue weighted by Gasteiger charge is -2.35. The maximum atomic E-state index is 5.85. The van der Waals surface area contributed by atoms with Crippen LogP contribution in [0.1, 0.15) is 30.4 Å². The topological polar surface area (TPSA) is 38.5 Å².